The maximum absolute atomic E-state index is 13.6. The van der Waals surface area contributed by atoms with Gasteiger partial charge in [-0.25, -0.2) is 24.1 Å². The van der Waals surface area contributed by atoms with Crippen molar-refractivity contribution in [3.63, 3.8) is 0 Å². The number of benzene rings is 1. The molecule has 4 aromatic rings. The lowest BCUT2D eigenvalue weighted by atomic mass is 10.1. The number of aliphatic hydroxyl groups is 1. The number of aliphatic hydroxyl groups excluding tert-OH is 1. The minimum Gasteiger partial charge on any atom is -0.479 e. The Morgan fingerprint density at radius 3 is 2.97 bits per heavy atom. The van der Waals surface area contributed by atoms with Gasteiger partial charge in [0, 0.05) is 23.6 Å². The van der Waals surface area contributed by atoms with Crippen LogP contribution in [0.25, 0.3) is 22.1 Å². The van der Waals surface area contributed by atoms with Crippen LogP contribution in [0.4, 0.5) is 10.2 Å². The molecule has 1 aromatic carbocycles. The summed E-state index contributed by atoms with van der Waals surface area (Å²) in [7, 11) is 0. The van der Waals surface area contributed by atoms with Gasteiger partial charge in [-0.15, -0.1) is 0 Å². The van der Waals surface area contributed by atoms with E-state index in [9.17, 15) is 19.4 Å². The first-order valence-corrected chi connectivity index (χ1v) is 9.43. The first kappa shape index (κ1) is 19.4. The number of nitrogens with zero attached hydrogens (tertiary/aromatic N) is 4. The summed E-state index contributed by atoms with van der Waals surface area (Å²) in [6.45, 7) is 0.344. The Kier molecular flexibility index (Phi) is 4.54. The molecule has 1 aliphatic rings. The number of aromatic nitrogens is 5. The lowest BCUT2D eigenvalue weighted by Crippen LogP contribution is -2.43. The topological polar surface area (TPSA) is 164 Å². The summed E-state index contributed by atoms with van der Waals surface area (Å²) in [4.78, 5) is 27.1. The van der Waals surface area contributed by atoms with Gasteiger partial charge in [0.05, 0.1) is 12.4 Å². The fourth-order valence-electron chi connectivity index (χ4n) is 3.79. The largest absolute Gasteiger partial charge is 0.479 e. The molecule has 11 nitrogen and oxygen atoms in total. The summed E-state index contributed by atoms with van der Waals surface area (Å²) < 4.78 is 20.5. The summed E-state index contributed by atoms with van der Waals surface area (Å²) in [5.74, 6) is -1.17. The molecule has 1 saturated heterocycles. The third-order valence-corrected chi connectivity index (χ3v) is 5.37. The normalized spacial score (nSPS) is 23.6. The summed E-state index contributed by atoms with van der Waals surface area (Å²) in [6, 6.07) is 3.41. The van der Waals surface area contributed by atoms with Gasteiger partial charge in [0.1, 0.15) is 18.2 Å². The van der Waals surface area contributed by atoms with Crippen LogP contribution in [0, 0.1) is 5.82 Å². The number of nitrogens with one attached hydrogen (secondary N) is 2. The van der Waals surface area contributed by atoms with Gasteiger partial charge in [-0.05, 0) is 23.8 Å². The zero-order valence-corrected chi connectivity index (χ0v) is 15.9. The fraction of sp³-hybridized carbons (Fsp3) is 0.263. The van der Waals surface area contributed by atoms with Crippen LogP contribution in [0.1, 0.15) is 11.8 Å². The predicted molar refractivity (Wildman–Crippen MR) is 106 cm³/mol. The van der Waals surface area contributed by atoms with Crippen LogP contribution in [0.3, 0.4) is 0 Å². The smallest absolute Gasteiger partial charge is 0.334 e. The Morgan fingerprint density at radius 1 is 1.35 bits per heavy atom. The molecule has 0 spiro atoms. The highest BCUT2D eigenvalue weighted by Gasteiger charge is 2.46. The number of H-pyrrole nitrogens is 1. The van der Waals surface area contributed by atoms with Crippen LogP contribution in [0.2, 0.25) is 0 Å². The van der Waals surface area contributed by atoms with E-state index in [-0.39, 0.29) is 5.82 Å². The van der Waals surface area contributed by atoms with Gasteiger partial charge >= 0.3 is 5.97 Å². The average molecular weight is 427 g/mol. The molecule has 160 valence electrons. The highest BCUT2D eigenvalue weighted by molar-refractivity contribution is 5.85. The van der Waals surface area contributed by atoms with Crippen molar-refractivity contribution in [1.82, 2.24) is 24.5 Å². The molecule has 0 unspecified atom stereocenters. The molecule has 5 rings (SSSR count). The van der Waals surface area contributed by atoms with Crippen molar-refractivity contribution in [3.05, 3.63) is 48.4 Å². The number of carboxylic acid groups (broad SMARTS) is 1. The van der Waals surface area contributed by atoms with Gasteiger partial charge in [0.2, 0.25) is 0 Å². The minimum atomic E-state index is -1.35. The van der Waals surface area contributed by atoms with Crippen molar-refractivity contribution in [2.75, 3.05) is 5.32 Å². The maximum atomic E-state index is 13.6. The molecule has 4 heterocycles. The van der Waals surface area contributed by atoms with E-state index in [1.807, 2.05) is 0 Å². The first-order valence-electron chi connectivity index (χ1n) is 9.43. The van der Waals surface area contributed by atoms with E-state index in [2.05, 4.69) is 25.3 Å². The predicted octanol–water partition coefficient (Wildman–Crippen LogP) is 0.729. The molecular formula is C19H18FN7O4. The average Bonchev–Trinajstić information content (AvgIpc) is 3.43. The second-order valence-corrected chi connectivity index (χ2v) is 7.26. The lowest BCUT2D eigenvalue weighted by Gasteiger charge is -2.16. The zero-order chi connectivity index (χ0) is 21.7. The number of hydrogen-bond donors (Lipinski definition) is 5. The SMILES string of the molecule is N[C@H]1[C@@H](O)[C@H](n2cnc3c(NCc4c[nH]c5ccc(F)cc45)ncnc32)O[C@@H]1C(=O)O. The summed E-state index contributed by atoms with van der Waals surface area (Å²) >= 11 is 0. The molecular weight excluding hydrogens is 409 g/mol. The number of anilines is 1. The number of carbonyl (C=O) groups is 1. The number of imidazole rings is 1. The van der Waals surface area contributed by atoms with Gasteiger partial charge in [0.25, 0.3) is 0 Å². The van der Waals surface area contributed by atoms with Crippen LogP contribution in [-0.2, 0) is 16.1 Å². The third kappa shape index (κ3) is 3.17. The molecule has 31 heavy (non-hydrogen) atoms. The monoisotopic (exact) mass is 427 g/mol. The molecule has 12 heteroatoms. The maximum Gasteiger partial charge on any atom is 0.334 e. The van der Waals surface area contributed by atoms with Crippen molar-refractivity contribution < 1.29 is 24.1 Å². The number of ether oxygens (including phenoxy) is 1. The number of rotatable bonds is 5. The Balaban J connectivity index is 1.43. The summed E-state index contributed by atoms with van der Waals surface area (Å²) in [5, 5.41) is 23.5. The highest BCUT2D eigenvalue weighted by atomic mass is 19.1. The first-order chi connectivity index (χ1) is 14.9. The quantitative estimate of drug-likeness (QED) is 0.309. The van der Waals surface area contributed by atoms with Crippen molar-refractivity contribution in [3.8, 4) is 0 Å². The third-order valence-electron chi connectivity index (χ3n) is 5.37. The van der Waals surface area contributed by atoms with Gasteiger partial charge in [-0.3, -0.25) is 4.57 Å². The summed E-state index contributed by atoms with van der Waals surface area (Å²) in [6.07, 6.45) is 0.819. The van der Waals surface area contributed by atoms with E-state index in [4.69, 9.17) is 10.5 Å². The van der Waals surface area contributed by atoms with Crippen LogP contribution in [-0.4, -0.2) is 58.9 Å². The highest BCUT2D eigenvalue weighted by Crippen LogP contribution is 2.31. The van der Waals surface area contributed by atoms with Crippen molar-refractivity contribution in [2.24, 2.45) is 5.73 Å². The number of fused-ring (bicyclic) bond motifs is 2. The van der Waals surface area contributed by atoms with E-state index in [0.29, 0.717) is 23.5 Å². The van der Waals surface area contributed by atoms with E-state index in [1.54, 1.807) is 12.3 Å². The van der Waals surface area contributed by atoms with Crippen molar-refractivity contribution in [1.29, 1.82) is 0 Å². The number of aromatic amines is 1. The van der Waals surface area contributed by atoms with Crippen LogP contribution in [0.5, 0.6) is 0 Å². The van der Waals surface area contributed by atoms with Gasteiger partial charge in [-0.1, -0.05) is 0 Å². The summed E-state index contributed by atoms with van der Waals surface area (Å²) in [5.41, 5.74) is 8.18. The number of carboxylic acids is 1. The van der Waals surface area contributed by atoms with Gasteiger partial charge < -0.3 is 31.0 Å². The second kappa shape index (κ2) is 7.27. The Morgan fingerprint density at radius 2 is 2.19 bits per heavy atom. The number of nitrogens with two attached hydrogens (primary N) is 1. The Labute approximate surface area is 173 Å². The molecule has 6 N–H and O–H groups in total. The van der Waals surface area contributed by atoms with E-state index >= 15 is 0 Å². The molecule has 4 atom stereocenters. The zero-order valence-electron chi connectivity index (χ0n) is 15.9. The molecule has 0 aliphatic carbocycles. The molecule has 3 aromatic heterocycles. The van der Waals surface area contributed by atoms with Crippen molar-refractivity contribution in [2.45, 2.75) is 31.0 Å². The van der Waals surface area contributed by atoms with Crippen molar-refractivity contribution >= 4 is 33.9 Å². The van der Waals surface area contributed by atoms with E-state index in [1.165, 1.54) is 29.4 Å². The fourth-order valence-corrected chi connectivity index (χ4v) is 3.79. The van der Waals surface area contributed by atoms with E-state index in [0.717, 1.165) is 16.5 Å². The molecule has 1 aliphatic heterocycles. The standard InChI is InChI=1S/C19H18FN7O4/c20-9-1-2-11-10(3-9)8(4-22-11)5-23-16-13-17(25-6-24-16)27(7-26-13)18-14(28)12(21)15(31-18)19(29)30/h1-4,6-7,12,14-15,18,22,28H,5,21H2,(H,29,30)(H,23,24,25)/t12-,14+,15-,18+/m0/s1. The Bertz CT molecular complexity index is 1290. The molecule has 0 amide bonds. The minimum absolute atomic E-state index is 0.329. The molecule has 1 fully saturated rings. The van der Waals surface area contributed by atoms with Gasteiger partial charge in [-0.2, -0.15) is 0 Å². The van der Waals surface area contributed by atoms with Gasteiger partial charge in [0.15, 0.2) is 29.3 Å². The number of halogens is 1. The number of aliphatic carboxylic acids is 1. The molecule has 0 radical (unpaired) electrons. The van der Waals surface area contributed by atoms with Crippen LogP contribution >= 0.6 is 0 Å². The van der Waals surface area contributed by atoms with Crippen LogP contribution in [0.15, 0.2) is 37.1 Å². The lowest BCUT2D eigenvalue weighted by molar-refractivity contribution is -0.152. The second-order valence-electron chi connectivity index (χ2n) is 7.26. The van der Waals surface area contributed by atoms with Crippen LogP contribution < -0.4 is 11.1 Å². The molecule has 0 saturated carbocycles. The Hall–Kier alpha value is -3.61. The number of hydrogen-bond acceptors (Lipinski definition) is 8. The molecule has 0 bridgehead atoms. The van der Waals surface area contributed by atoms with E-state index < -0.39 is 30.4 Å².